The van der Waals surface area contributed by atoms with Crippen molar-refractivity contribution in [3.8, 4) is 50.5 Å². The molecule has 264 valence electrons. The Kier molecular flexibility index (Phi) is 8.51. The molecule has 0 spiro atoms. The van der Waals surface area contributed by atoms with E-state index in [-0.39, 0.29) is 0 Å². The van der Waals surface area contributed by atoms with Gasteiger partial charge in [0.05, 0.1) is 11.0 Å². The second-order valence-electron chi connectivity index (χ2n) is 14.1. The molecule has 0 aliphatic carbocycles. The molecule has 0 radical (unpaired) electrons. The smallest absolute Gasteiger partial charge is 0.145 e. The first kappa shape index (κ1) is 33.1. The van der Waals surface area contributed by atoms with Crippen LogP contribution in [0.25, 0.3) is 72.3 Å². The lowest BCUT2D eigenvalue weighted by atomic mass is 9.98. The average Bonchev–Trinajstić information content (AvgIpc) is 3.67. The van der Waals surface area contributed by atoms with Crippen LogP contribution in [0, 0.1) is 0 Å². The Morgan fingerprint density at radius 3 is 1.48 bits per heavy atom. The van der Waals surface area contributed by atoms with Crippen LogP contribution < -0.4 is 4.90 Å². The SMILES string of the molecule is c1ccc(-c2ccc(N(c3ccc(-c4cccc(-c5ccc6c(c5)nc(-c5ccccc5)n6-c5ccccc5)c4)cc3)c3ccc4ccccc4c3)cc2)cc1. The number of aromatic nitrogens is 2. The van der Waals surface area contributed by atoms with Crippen molar-refractivity contribution in [3.05, 3.63) is 224 Å². The maximum atomic E-state index is 5.20. The van der Waals surface area contributed by atoms with Crippen molar-refractivity contribution in [2.24, 2.45) is 0 Å². The number of imidazole rings is 1. The van der Waals surface area contributed by atoms with Gasteiger partial charge in [0.15, 0.2) is 0 Å². The molecule has 0 saturated heterocycles. The topological polar surface area (TPSA) is 21.1 Å². The number of nitrogens with zero attached hydrogens (tertiary/aromatic N) is 3. The molecular formula is C53H37N3. The van der Waals surface area contributed by atoms with Crippen molar-refractivity contribution in [1.82, 2.24) is 9.55 Å². The Morgan fingerprint density at radius 1 is 0.321 bits per heavy atom. The van der Waals surface area contributed by atoms with E-state index in [1.807, 2.05) is 6.07 Å². The highest BCUT2D eigenvalue weighted by atomic mass is 15.1. The lowest BCUT2D eigenvalue weighted by Crippen LogP contribution is -2.09. The van der Waals surface area contributed by atoms with Gasteiger partial charge in [0.2, 0.25) is 0 Å². The quantitative estimate of drug-likeness (QED) is 0.156. The lowest BCUT2D eigenvalue weighted by Gasteiger charge is -2.26. The van der Waals surface area contributed by atoms with E-state index in [2.05, 4.69) is 228 Å². The minimum atomic E-state index is 0.933. The maximum absolute atomic E-state index is 5.20. The lowest BCUT2D eigenvalue weighted by molar-refractivity contribution is 1.10. The Hall–Kier alpha value is -7.49. The molecule has 3 heteroatoms. The summed E-state index contributed by atoms with van der Waals surface area (Å²) >= 11 is 0. The molecule has 0 saturated carbocycles. The standard InChI is InChI=1S/C53H37N3/c1-4-13-38(14-5-1)40-23-29-48(30-24-40)55(50-33-27-39-15-10-11-18-45(39)36-50)49-31-25-41(26-32-49)43-19-12-20-44(35-43)46-28-34-52-51(37-46)54-53(42-16-6-2-7-17-42)56(52)47-21-8-3-9-22-47/h1-37H. The fraction of sp³-hybridized carbons (Fsp3) is 0. The highest BCUT2D eigenvalue weighted by molar-refractivity contribution is 5.91. The first-order chi connectivity index (χ1) is 27.7. The molecule has 0 N–H and O–H groups in total. The predicted molar refractivity (Wildman–Crippen MR) is 235 cm³/mol. The highest BCUT2D eigenvalue weighted by Crippen LogP contribution is 2.39. The molecule has 1 aromatic heterocycles. The van der Waals surface area contributed by atoms with E-state index >= 15 is 0 Å². The van der Waals surface area contributed by atoms with E-state index in [4.69, 9.17) is 4.98 Å². The van der Waals surface area contributed by atoms with Gasteiger partial charge >= 0.3 is 0 Å². The van der Waals surface area contributed by atoms with Gasteiger partial charge in [-0.1, -0.05) is 158 Å². The van der Waals surface area contributed by atoms with Gasteiger partial charge in [0.1, 0.15) is 5.82 Å². The van der Waals surface area contributed by atoms with E-state index in [9.17, 15) is 0 Å². The van der Waals surface area contributed by atoms with E-state index in [1.165, 1.54) is 27.5 Å². The fourth-order valence-electron chi connectivity index (χ4n) is 7.76. The molecule has 0 amide bonds. The normalized spacial score (nSPS) is 11.2. The number of benzene rings is 9. The Balaban J connectivity index is 0.998. The maximum Gasteiger partial charge on any atom is 0.145 e. The summed E-state index contributed by atoms with van der Waals surface area (Å²) in [4.78, 5) is 7.54. The summed E-state index contributed by atoms with van der Waals surface area (Å²) in [7, 11) is 0. The third-order valence-electron chi connectivity index (χ3n) is 10.6. The van der Waals surface area contributed by atoms with Gasteiger partial charge in [-0.15, -0.1) is 0 Å². The van der Waals surface area contributed by atoms with Gasteiger partial charge in [-0.3, -0.25) is 4.57 Å². The van der Waals surface area contributed by atoms with Crippen molar-refractivity contribution in [3.63, 3.8) is 0 Å². The van der Waals surface area contributed by atoms with Crippen LogP contribution in [-0.2, 0) is 0 Å². The van der Waals surface area contributed by atoms with E-state index in [0.29, 0.717) is 0 Å². The summed E-state index contributed by atoms with van der Waals surface area (Å²) in [6.07, 6.45) is 0. The van der Waals surface area contributed by atoms with Gasteiger partial charge in [0.25, 0.3) is 0 Å². The number of anilines is 3. The number of fused-ring (bicyclic) bond motifs is 2. The number of hydrogen-bond acceptors (Lipinski definition) is 2. The van der Waals surface area contributed by atoms with Crippen molar-refractivity contribution in [2.45, 2.75) is 0 Å². The monoisotopic (exact) mass is 715 g/mol. The van der Waals surface area contributed by atoms with Crippen molar-refractivity contribution < 1.29 is 0 Å². The summed E-state index contributed by atoms with van der Waals surface area (Å²) in [6, 6.07) is 79.9. The molecular weight excluding hydrogens is 679 g/mol. The van der Waals surface area contributed by atoms with Crippen molar-refractivity contribution in [1.29, 1.82) is 0 Å². The molecule has 10 aromatic rings. The fourth-order valence-corrected chi connectivity index (χ4v) is 7.76. The van der Waals surface area contributed by atoms with Crippen LogP contribution in [0.3, 0.4) is 0 Å². The number of para-hydroxylation sites is 1. The number of rotatable bonds is 8. The second-order valence-corrected chi connectivity index (χ2v) is 14.1. The third kappa shape index (κ3) is 6.31. The first-order valence-electron chi connectivity index (χ1n) is 19.0. The van der Waals surface area contributed by atoms with Crippen LogP contribution in [0.4, 0.5) is 17.1 Å². The molecule has 1 heterocycles. The first-order valence-corrected chi connectivity index (χ1v) is 19.0. The molecule has 56 heavy (non-hydrogen) atoms. The molecule has 0 aliphatic heterocycles. The number of hydrogen-bond donors (Lipinski definition) is 0. The van der Waals surface area contributed by atoms with Gasteiger partial charge in [-0.2, -0.15) is 0 Å². The summed E-state index contributed by atoms with van der Waals surface area (Å²) in [6.45, 7) is 0. The van der Waals surface area contributed by atoms with Crippen molar-refractivity contribution >= 4 is 38.9 Å². The zero-order chi connectivity index (χ0) is 37.3. The summed E-state index contributed by atoms with van der Waals surface area (Å²) in [5.74, 6) is 0.933. The van der Waals surface area contributed by atoms with E-state index in [0.717, 1.165) is 61.9 Å². The summed E-state index contributed by atoms with van der Waals surface area (Å²) in [5, 5.41) is 2.44. The molecule has 10 rings (SSSR count). The molecule has 9 aromatic carbocycles. The average molecular weight is 716 g/mol. The zero-order valence-corrected chi connectivity index (χ0v) is 30.7. The van der Waals surface area contributed by atoms with Crippen LogP contribution in [-0.4, -0.2) is 9.55 Å². The summed E-state index contributed by atoms with van der Waals surface area (Å²) < 4.78 is 2.26. The Labute approximate surface area is 327 Å². The Bertz CT molecular complexity index is 2930. The predicted octanol–water partition coefficient (Wildman–Crippen LogP) is 14.3. The summed E-state index contributed by atoms with van der Waals surface area (Å²) in [5.41, 5.74) is 14.6. The second kappa shape index (κ2) is 14.4. The van der Waals surface area contributed by atoms with Crippen LogP contribution in [0.2, 0.25) is 0 Å². The van der Waals surface area contributed by atoms with Gasteiger partial charge in [-0.05, 0) is 111 Å². The van der Waals surface area contributed by atoms with Crippen molar-refractivity contribution in [2.75, 3.05) is 4.90 Å². The molecule has 3 nitrogen and oxygen atoms in total. The van der Waals surface area contributed by atoms with Gasteiger partial charge in [0, 0.05) is 28.3 Å². The van der Waals surface area contributed by atoms with Crippen LogP contribution in [0.15, 0.2) is 224 Å². The minimum absolute atomic E-state index is 0.933. The van der Waals surface area contributed by atoms with Crippen LogP contribution in [0.1, 0.15) is 0 Å². The highest BCUT2D eigenvalue weighted by Gasteiger charge is 2.17. The molecule has 0 atom stereocenters. The molecule has 0 fully saturated rings. The van der Waals surface area contributed by atoms with E-state index in [1.54, 1.807) is 0 Å². The third-order valence-corrected chi connectivity index (χ3v) is 10.6. The van der Waals surface area contributed by atoms with E-state index < -0.39 is 0 Å². The molecule has 0 unspecified atom stereocenters. The molecule has 0 bridgehead atoms. The minimum Gasteiger partial charge on any atom is -0.310 e. The van der Waals surface area contributed by atoms with Gasteiger partial charge in [-0.25, -0.2) is 4.98 Å². The zero-order valence-electron chi connectivity index (χ0n) is 30.7. The van der Waals surface area contributed by atoms with Crippen LogP contribution in [0.5, 0.6) is 0 Å². The van der Waals surface area contributed by atoms with Gasteiger partial charge < -0.3 is 4.90 Å². The van der Waals surface area contributed by atoms with Crippen LogP contribution >= 0.6 is 0 Å². The largest absolute Gasteiger partial charge is 0.310 e. The Morgan fingerprint density at radius 2 is 0.804 bits per heavy atom. The molecule has 0 aliphatic rings.